The van der Waals surface area contributed by atoms with Gasteiger partial charge in [-0.1, -0.05) is 30.3 Å². The molecular weight excluding hydrogens is 416 g/mol. The van der Waals surface area contributed by atoms with Crippen LogP contribution in [0.5, 0.6) is 11.5 Å². The minimum absolute atomic E-state index is 0.173. The molecule has 0 aliphatic heterocycles. The summed E-state index contributed by atoms with van der Waals surface area (Å²) in [7, 11) is 3.19. The summed E-state index contributed by atoms with van der Waals surface area (Å²) in [5, 5.41) is 6.17. The molecule has 1 aromatic heterocycles. The Balaban J connectivity index is 1.39. The molecule has 0 radical (unpaired) electrons. The van der Waals surface area contributed by atoms with Crippen LogP contribution in [-0.2, 0) is 6.54 Å². The maximum Gasteiger partial charge on any atom is 0.251 e. The van der Waals surface area contributed by atoms with E-state index in [2.05, 4.69) is 20.6 Å². The number of anilines is 2. The molecule has 33 heavy (non-hydrogen) atoms. The van der Waals surface area contributed by atoms with Gasteiger partial charge in [0.05, 0.1) is 14.2 Å². The fraction of sp³-hybridized carbons (Fsp3) is 0.115. The molecular formula is C26H24N4O3. The Morgan fingerprint density at radius 2 is 1.70 bits per heavy atom. The zero-order valence-corrected chi connectivity index (χ0v) is 18.4. The summed E-state index contributed by atoms with van der Waals surface area (Å²) in [5.74, 6) is 2.50. The Hall–Kier alpha value is -4.39. The van der Waals surface area contributed by atoms with Crippen molar-refractivity contribution in [3.63, 3.8) is 0 Å². The van der Waals surface area contributed by atoms with Crippen LogP contribution in [0.1, 0.15) is 15.9 Å². The second-order valence-corrected chi connectivity index (χ2v) is 7.19. The van der Waals surface area contributed by atoms with E-state index in [0.29, 0.717) is 35.2 Å². The number of nitrogens with one attached hydrogen (secondary N) is 2. The minimum Gasteiger partial charge on any atom is -0.497 e. The fourth-order valence-corrected chi connectivity index (χ4v) is 3.28. The summed E-state index contributed by atoms with van der Waals surface area (Å²) in [5.41, 5.74) is 3.19. The number of carbonyl (C=O) groups excluding carboxylic acids is 1. The molecule has 0 aliphatic carbocycles. The third-order valence-corrected chi connectivity index (χ3v) is 5.04. The average Bonchev–Trinajstić information content (AvgIpc) is 2.88. The van der Waals surface area contributed by atoms with Gasteiger partial charge in [0.2, 0.25) is 0 Å². The monoisotopic (exact) mass is 440 g/mol. The van der Waals surface area contributed by atoms with Gasteiger partial charge in [0.1, 0.15) is 17.3 Å². The lowest BCUT2D eigenvalue weighted by atomic mass is 10.1. The van der Waals surface area contributed by atoms with Crippen molar-refractivity contribution < 1.29 is 14.3 Å². The van der Waals surface area contributed by atoms with Crippen molar-refractivity contribution in [2.45, 2.75) is 6.54 Å². The van der Waals surface area contributed by atoms with Crippen LogP contribution in [0, 0.1) is 0 Å². The van der Waals surface area contributed by atoms with Crippen molar-refractivity contribution in [1.82, 2.24) is 15.3 Å². The van der Waals surface area contributed by atoms with Crippen LogP contribution in [0.4, 0.5) is 11.5 Å². The number of rotatable bonds is 8. The quantitative estimate of drug-likeness (QED) is 0.408. The van der Waals surface area contributed by atoms with E-state index < -0.39 is 0 Å². The van der Waals surface area contributed by atoms with Gasteiger partial charge in [0.15, 0.2) is 5.82 Å². The van der Waals surface area contributed by atoms with Crippen molar-refractivity contribution in [3.05, 3.63) is 96.2 Å². The molecule has 0 bridgehead atoms. The van der Waals surface area contributed by atoms with Crippen molar-refractivity contribution in [1.29, 1.82) is 0 Å². The van der Waals surface area contributed by atoms with Crippen molar-refractivity contribution >= 4 is 17.4 Å². The van der Waals surface area contributed by atoms with Gasteiger partial charge in [-0.3, -0.25) is 4.79 Å². The molecule has 0 saturated carbocycles. The second-order valence-electron chi connectivity index (χ2n) is 7.19. The minimum atomic E-state index is -0.173. The third-order valence-electron chi connectivity index (χ3n) is 5.04. The maximum absolute atomic E-state index is 12.6. The number of nitrogens with zero attached hydrogens (tertiary/aromatic N) is 2. The van der Waals surface area contributed by atoms with Gasteiger partial charge in [0, 0.05) is 41.2 Å². The molecule has 166 valence electrons. The summed E-state index contributed by atoms with van der Waals surface area (Å²) >= 11 is 0. The Kier molecular flexibility index (Phi) is 6.80. The van der Waals surface area contributed by atoms with E-state index in [9.17, 15) is 4.79 Å². The Bertz CT molecular complexity index is 1230. The van der Waals surface area contributed by atoms with Gasteiger partial charge in [-0.15, -0.1) is 0 Å². The van der Waals surface area contributed by atoms with Crippen molar-refractivity contribution in [2.75, 3.05) is 19.5 Å². The van der Waals surface area contributed by atoms with Crippen LogP contribution in [0.3, 0.4) is 0 Å². The number of amides is 1. The van der Waals surface area contributed by atoms with E-state index in [4.69, 9.17) is 9.47 Å². The van der Waals surface area contributed by atoms with Crippen LogP contribution in [0.25, 0.3) is 11.4 Å². The van der Waals surface area contributed by atoms with E-state index in [1.165, 1.54) is 0 Å². The highest BCUT2D eigenvalue weighted by atomic mass is 16.5. The highest BCUT2D eigenvalue weighted by Crippen LogP contribution is 2.24. The second kappa shape index (κ2) is 10.3. The summed E-state index contributed by atoms with van der Waals surface area (Å²) in [6, 6.07) is 24.3. The summed E-state index contributed by atoms with van der Waals surface area (Å²) in [6.45, 7) is 0.342. The summed E-state index contributed by atoms with van der Waals surface area (Å²) in [4.78, 5) is 21.5. The zero-order chi connectivity index (χ0) is 23.0. The van der Waals surface area contributed by atoms with Gasteiger partial charge in [-0.05, 0) is 42.5 Å². The van der Waals surface area contributed by atoms with E-state index in [0.717, 1.165) is 16.8 Å². The first-order chi connectivity index (χ1) is 16.2. The predicted octanol–water partition coefficient (Wildman–Crippen LogP) is 4.83. The number of carbonyl (C=O) groups is 1. The molecule has 2 N–H and O–H groups in total. The Morgan fingerprint density at radius 3 is 2.42 bits per heavy atom. The first-order valence-electron chi connectivity index (χ1n) is 10.4. The van der Waals surface area contributed by atoms with E-state index >= 15 is 0 Å². The zero-order valence-electron chi connectivity index (χ0n) is 18.4. The first kappa shape index (κ1) is 21.8. The molecule has 0 aliphatic rings. The highest BCUT2D eigenvalue weighted by Gasteiger charge is 2.10. The lowest BCUT2D eigenvalue weighted by molar-refractivity contribution is 0.0950. The van der Waals surface area contributed by atoms with Gasteiger partial charge >= 0.3 is 0 Å². The maximum atomic E-state index is 12.6. The largest absolute Gasteiger partial charge is 0.497 e. The molecule has 7 nitrogen and oxygen atoms in total. The van der Waals surface area contributed by atoms with Gasteiger partial charge in [0.25, 0.3) is 5.91 Å². The standard InChI is InChI=1S/C26H24N4O3/c1-32-22-13-10-20(23(16-22)33-2)17-28-26(31)19-8-11-21(12-9-19)29-24-14-15-27-25(30-24)18-6-4-3-5-7-18/h3-16H,17H2,1-2H3,(H,28,31)(H,27,29,30). The molecule has 7 heteroatoms. The summed E-state index contributed by atoms with van der Waals surface area (Å²) in [6.07, 6.45) is 1.72. The number of ether oxygens (including phenoxy) is 2. The Morgan fingerprint density at radius 1 is 0.909 bits per heavy atom. The van der Waals surface area contributed by atoms with Gasteiger partial charge in [-0.2, -0.15) is 0 Å². The van der Waals surface area contributed by atoms with Crippen molar-refractivity contribution in [2.24, 2.45) is 0 Å². The molecule has 3 aromatic carbocycles. The highest BCUT2D eigenvalue weighted by molar-refractivity contribution is 5.94. The van der Waals surface area contributed by atoms with Crippen LogP contribution >= 0.6 is 0 Å². The normalized spacial score (nSPS) is 10.4. The van der Waals surface area contributed by atoms with Crippen LogP contribution in [0.2, 0.25) is 0 Å². The number of hydrogen-bond donors (Lipinski definition) is 2. The molecule has 0 unspecified atom stereocenters. The van der Waals surface area contributed by atoms with Crippen LogP contribution < -0.4 is 20.1 Å². The third kappa shape index (κ3) is 5.46. The van der Waals surface area contributed by atoms with Crippen molar-refractivity contribution in [3.8, 4) is 22.9 Å². The number of hydrogen-bond acceptors (Lipinski definition) is 6. The smallest absolute Gasteiger partial charge is 0.251 e. The predicted molar refractivity (Wildman–Crippen MR) is 128 cm³/mol. The van der Waals surface area contributed by atoms with E-state index in [-0.39, 0.29) is 5.91 Å². The molecule has 0 fully saturated rings. The molecule has 4 rings (SSSR count). The fourth-order valence-electron chi connectivity index (χ4n) is 3.28. The molecule has 0 spiro atoms. The molecule has 1 heterocycles. The summed E-state index contributed by atoms with van der Waals surface area (Å²) < 4.78 is 10.6. The number of methoxy groups -OCH3 is 2. The van der Waals surface area contributed by atoms with Crippen LogP contribution in [0.15, 0.2) is 85.1 Å². The average molecular weight is 441 g/mol. The van der Waals surface area contributed by atoms with Crippen LogP contribution in [-0.4, -0.2) is 30.1 Å². The van der Waals surface area contributed by atoms with Gasteiger partial charge in [-0.25, -0.2) is 9.97 Å². The SMILES string of the molecule is COc1ccc(CNC(=O)c2ccc(Nc3ccnc(-c4ccccc4)n3)cc2)c(OC)c1. The first-order valence-corrected chi connectivity index (χ1v) is 10.4. The van der Waals surface area contributed by atoms with Gasteiger partial charge < -0.3 is 20.1 Å². The molecule has 0 atom stereocenters. The lowest BCUT2D eigenvalue weighted by Gasteiger charge is -2.12. The van der Waals surface area contributed by atoms with E-state index in [1.54, 1.807) is 44.7 Å². The molecule has 0 saturated heterocycles. The molecule has 1 amide bonds. The van der Waals surface area contributed by atoms with E-state index in [1.807, 2.05) is 54.6 Å². The number of aromatic nitrogens is 2. The lowest BCUT2D eigenvalue weighted by Crippen LogP contribution is -2.23. The topological polar surface area (TPSA) is 85.4 Å². The number of benzene rings is 3. The molecule has 4 aromatic rings. The Labute approximate surface area is 192 Å².